The lowest BCUT2D eigenvalue weighted by Gasteiger charge is -2.16. The molecule has 6 rings (SSSR count). The summed E-state index contributed by atoms with van der Waals surface area (Å²) in [6, 6.07) is 18.3. The Balaban J connectivity index is 1.47. The first-order chi connectivity index (χ1) is 15.3. The van der Waals surface area contributed by atoms with Gasteiger partial charge in [-0.3, -0.25) is 4.57 Å². The molecule has 0 unspecified atom stereocenters. The summed E-state index contributed by atoms with van der Waals surface area (Å²) in [5, 5.41) is 1.98. The van der Waals surface area contributed by atoms with E-state index in [0.717, 1.165) is 39.0 Å². The molecule has 7 heteroatoms. The zero-order chi connectivity index (χ0) is 20.6. The van der Waals surface area contributed by atoms with Crippen LogP contribution in [0.25, 0.3) is 33.5 Å². The molecule has 0 bridgehead atoms. The lowest BCUT2D eigenvalue weighted by atomic mass is 10.1. The number of hydrogen-bond acceptors (Lipinski definition) is 5. The Kier molecular flexibility index (Phi) is 4.32. The molecule has 4 aromatic heterocycles. The standard InChI is InChI=1S/C24H18N4O2S/c1-2-10-27(9-1)18-7-5-17(6-8-18)19-15-20(26-24(25-19)28-11-3-4-12-28)23-22-21(16-31-23)29-13-14-30-22/h1-12,15-16H,13-14H2. The Hall–Kier alpha value is -3.84. The van der Waals surface area contributed by atoms with E-state index >= 15 is 0 Å². The second-order valence-corrected chi connectivity index (χ2v) is 8.00. The molecule has 0 saturated carbocycles. The number of aromatic nitrogens is 4. The lowest BCUT2D eigenvalue weighted by Crippen LogP contribution is -2.14. The maximum Gasteiger partial charge on any atom is 0.234 e. The largest absolute Gasteiger partial charge is 0.485 e. The normalized spacial score (nSPS) is 12.8. The first kappa shape index (κ1) is 18.0. The summed E-state index contributed by atoms with van der Waals surface area (Å²) in [6.45, 7) is 1.11. The maximum absolute atomic E-state index is 5.90. The molecule has 6 nitrogen and oxygen atoms in total. The van der Waals surface area contributed by atoms with Crippen LogP contribution >= 0.6 is 11.3 Å². The van der Waals surface area contributed by atoms with Crippen molar-refractivity contribution in [2.24, 2.45) is 0 Å². The minimum absolute atomic E-state index is 0.542. The van der Waals surface area contributed by atoms with Gasteiger partial charge in [-0.15, -0.1) is 11.3 Å². The highest BCUT2D eigenvalue weighted by molar-refractivity contribution is 7.14. The number of thiophene rings is 1. The molecule has 152 valence electrons. The molecule has 0 atom stereocenters. The van der Waals surface area contributed by atoms with Crippen molar-refractivity contribution in [3.05, 3.63) is 84.8 Å². The highest BCUT2D eigenvalue weighted by atomic mass is 32.1. The van der Waals surface area contributed by atoms with Crippen molar-refractivity contribution in [2.45, 2.75) is 0 Å². The Bertz CT molecular complexity index is 1320. The van der Waals surface area contributed by atoms with Gasteiger partial charge in [0.1, 0.15) is 13.2 Å². The monoisotopic (exact) mass is 426 g/mol. The predicted molar refractivity (Wildman–Crippen MR) is 120 cm³/mol. The topological polar surface area (TPSA) is 54.1 Å². The average Bonchev–Trinajstić information content (AvgIpc) is 3.61. The first-order valence-corrected chi connectivity index (χ1v) is 10.9. The van der Waals surface area contributed by atoms with Crippen molar-refractivity contribution in [3.63, 3.8) is 0 Å². The van der Waals surface area contributed by atoms with Crippen LogP contribution in [0.15, 0.2) is 84.8 Å². The van der Waals surface area contributed by atoms with Crippen LogP contribution in [0.4, 0.5) is 0 Å². The van der Waals surface area contributed by atoms with Gasteiger partial charge in [-0.1, -0.05) is 12.1 Å². The molecule has 31 heavy (non-hydrogen) atoms. The fraction of sp³-hybridized carbons (Fsp3) is 0.0833. The minimum atomic E-state index is 0.542. The Morgan fingerprint density at radius 3 is 2.23 bits per heavy atom. The van der Waals surface area contributed by atoms with Gasteiger partial charge in [-0.25, -0.2) is 9.97 Å². The van der Waals surface area contributed by atoms with Crippen molar-refractivity contribution in [2.75, 3.05) is 13.2 Å². The highest BCUT2D eigenvalue weighted by Crippen LogP contribution is 2.45. The smallest absolute Gasteiger partial charge is 0.234 e. The molecular formula is C24H18N4O2S. The van der Waals surface area contributed by atoms with Crippen LogP contribution in [0.5, 0.6) is 11.5 Å². The summed E-state index contributed by atoms with van der Waals surface area (Å²) in [4.78, 5) is 10.6. The van der Waals surface area contributed by atoms with Crippen LogP contribution in [-0.4, -0.2) is 32.3 Å². The third-order valence-electron chi connectivity index (χ3n) is 5.15. The predicted octanol–water partition coefficient (Wildman–Crippen LogP) is 5.22. The van der Waals surface area contributed by atoms with Crippen molar-refractivity contribution >= 4 is 11.3 Å². The van der Waals surface area contributed by atoms with Crippen LogP contribution in [0.2, 0.25) is 0 Å². The number of fused-ring (bicyclic) bond motifs is 1. The van der Waals surface area contributed by atoms with E-state index in [-0.39, 0.29) is 0 Å². The first-order valence-electron chi connectivity index (χ1n) is 9.99. The Morgan fingerprint density at radius 2 is 1.45 bits per heavy atom. The Morgan fingerprint density at radius 1 is 0.774 bits per heavy atom. The number of nitrogens with zero attached hydrogens (tertiary/aromatic N) is 4. The van der Waals surface area contributed by atoms with Gasteiger partial charge in [-0.05, 0) is 42.5 Å². The molecule has 0 N–H and O–H groups in total. The van der Waals surface area contributed by atoms with E-state index in [9.17, 15) is 0 Å². The van der Waals surface area contributed by atoms with E-state index in [4.69, 9.17) is 19.4 Å². The van der Waals surface area contributed by atoms with Crippen LogP contribution < -0.4 is 9.47 Å². The number of benzene rings is 1. The number of rotatable bonds is 4. The number of ether oxygens (including phenoxy) is 2. The summed E-state index contributed by atoms with van der Waals surface area (Å²) in [5.41, 5.74) is 3.80. The number of hydrogen-bond donors (Lipinski definition) is 0. The summed E-state index contributed by atoms with van der Waals surface area (Å²) in [6.07, 6.45) is 7.96. The molecular weight excluding hydrogens is 408 g/mol. The van der Waals surface area contributed by atoms with Gasteiger partial charge < -0.3 is 14.0 Å². The lowest BCUT2D eigenvalue weighted by molar-refractivity contribution is 0.174. The zero-order valence-electron chi connectivity index (χ0n) is 16.5. The van der Waals surface area contributed by atoms with Crippen molar-refractivity contribution in [1.82, 2.24) is 19.1 Å². The molecule has 0 saturated heterocycles. The van der Waals surface area contributed by atoms with Crippen LogP contribution in [0.3, 0.4) is 0 Å². The van der Waals surface area contributed by atoms with Gasteiger partial charge in [0.2, 0.25) is 5.95 Å². The molecule has 0 radical (unpaired) electrons. The highest BCUT2D eigenvalue weighted by Gasteiger charge is 2.22. The van der Waals surface area contributed by atoms with Crippen LogP contribution in [0, 0.1) is 0 Å². The van der Waals surface area contributed by atoms with E-state index in [1.54, 1.807) is 11.3 Å². The molecule has 0 spiro atoms. The fourth-order valence-corrected chi connectivity index (χ4v) is 4.52. The Labute approximate surface area is 183 Å². The van der Waals surface area contributed by atoms with E-state index in [1.807, 2.05) is 65.1 Å². The van der Waals surface area contributed by atoms with E-state index in [0.29, 0.717) is 19.2 Å². The van der Waals surface area contributed by atoms with E-state index in [2.05, 4.69) is 28.8 Å². The van der Waals surface area contributed by atoms with E-state index in [1.165, 1.54) is 0 Å². The second kappa shape index (κ2) is 7.45. The SMILES string of the molecule is c1ccn(-c2ccc(-c3cc(-c4scc5c4OCCO5)nc(-n4cccc4)n3)cc2)c1. The molecule has 1 aliphatic rings. The second-order valence-electron chi connectivity index (χ2n) is 7.12. The van der Waals surface area contributed by atoms with Crippen molar-refractivity contribution in [3.8, 4) is 45.0 Å². The fourth-order valence-electron chi connectivity index (χ4n) is 3.63. The van der Waals surface area contributed by atoms with Crippen LogP contribution in [-0.2, 0) is 0 Å². The molecule has 0 amide bonds. The average molecular weight is 427 g/mol. The summed E-state index contributed by atoms with van der Waals surface area (Å²) in [5.74, 6) is 2.16. The zero-order valence-corrected chi connectivity index (χ0v) is 17.3. The molecule has 1 aromatic carbocycles. The quantitative estimate of drug-likeness (QED) is 0.395. The van der Waals surface area contributed by atoms with Gasteiger partial charge in [-0.2, -0.15) is 0 Å². The molecule has 0 fully saturated rings. The third-order valence-corrected chi connectivity index (χ3v) is 6.11. The summed E-state index contributed by atoms with van der Waals surface area (Å²) < 4.78 is 15.6. The van der Waals surface area contributed by atoms with Gasteiger partial charge in [0.25, 0.3) is 0 Å². The van der Waals surface area contributed by atoms with Gasteiger partial charge in [0.15, 0.2) is 11.5 Å². The van der Waals surface area contributed by atoms with E-state index < -0.39 is 0 Å². The summed E-state index contributed by atoms with van der Waals surface area (Å²) >= 11 is 1.58. The molecule has 1 aliphatic heterocycles. The third kappa shape index (κ3) is 3.29. The maximum atomic E-state index is 5.90. The molecule has 0 aliphatic carbocycles. The molecule has 5 heterocycles. The molecule has 5 aromatic rings. The minimum Gasteiger partial charge on any atom is -0.485 e. The van der Waals surface area contributed by atoms with Gasteiger partial charge in [0.05, 0.1) is 16.3 Å². The van der Waals surface area contributed by atoms with Crippen LogP contribution in [0.1, 0.15) is 0 Å². The van der Waals surface area contributed by atoms with Crippen molar-refractivity contribution < 1.29 is 9.47 Å². The van der Waals surface area contributed by atoms with Gasteiger partial charge >= 0.3 is 0 Å². The van der Waals surface area contributed by atoms with Gasteiger partial charge in [0, 0.05) is 41.4 Å². The van der Waals surface area contributed by atoms with Crippen molar-refractivity contribution in [1.29, 1.82) is 0 Å². The summed E-state index contributed by atoms with van der Waals surface area (Å²) in [7, 11) is 0.